The van der Waals surface area contributed by atoms with Gasteiger partial charge in [0, 0.05) is 25.6 Å². The van der Waals surface area contributed by atoms with E-state index in [2.05, 4.69) is 9.80 Å². The van der Waals surface area contributed by atoms with Crippen LogP contribution in [0.4, 0.5) is 0 Å². The third-order valence-electron chi connectivity index (χ3n) is 5.41. The first-order valence-electron chi connectivity index (χ1n) is 7.90. The van der Waals surface area contributed by atoms with Crippen LogP contribution in [0.2, 0.25) is 0 Å². The number of hydrogen-bond donors (Lipinski definition) is 1. The summed E-state index contributed by atoms with van der Waals surface area (Å²) in [6.45, 7) is 6.24. The van der Waals surface area contributed by atoms with E-state index in [1.165, 1.54) is 51.9 Å². The van der Waals surface area contributed by atoms with Crippen molar-refractivity contribution in [1.82, 2.24) is 9.80 Å². The Hall–Kier alpha value is -0.610. The summed E-state index contributed by atoms with van der Waals surface area (Å²) in [4.78, 5) is 16.0. The van der Waals surface area contributed by atoms with E-state index in [-0.39, 0.29) is 0 Å². The van der Waals surface area contributed by atoms with Crippen LogP contribution in [0.3, 0.4) is 0 Å². The van der Waals surface area contributed by atoms with Crippen molar-refractivity contribution in [3.05, 3.63) is 0 Å². The second-order valence-electron chi connectivity index (χ2n) is 6.64. The predicted molar refractivity (Wildman–Crippen MR) is 74.1 cm³/mol. The van der Waals surface area contributed by atoms with Crippen molar-refractivity contribution >= 4 is 5.97 Å². The van der Waals surface area contributed by atoms with Crippen LogP contribution in [0.15, 0.2) is 0 Å². The number of carbonyl (C=O) groups is 1. The molecule has 2 atom stereocenters. The summed E-state index contributed by atoms with van der Waals surface area (Å²) in [5.41, 5.74) is 0. The Morgan fingerprint density at radius 3 is 2.53 bits per heavy atom. The Labute approximate surface area is 115 Å². The van der Waals surface area contributed by atoms with E-state index >= 15 is 0 Å². The molecule has 4 aliphatic rings. The van der Waals surface area contributed by atoms with Crippen LogP contribution >= 0.6 is 0 Å². The van der Waals surface area contributed by atoms with Gasteiger partial charge in [0.2, 0.25) is 0 Å². The lowest BCUT2D eigenvalue weighted by Crippen LogP contribution is -2.59. The first-order valence-corrected chi connectivity index (χ1v) is 7.90. The van der Waals surface area contributed by atoms with Crippen molar-refractivity contribution in [3.63, 3.8) is 0 Å². The van der Waals surface area contributed by atoms with Crippen molar-refractivity contribution in [1.29, 1.82) is 0 Å². The van der Waals surface area contributed by atoms with Crippen molar-refractivity contribution in [2.75, 3.05) is 32.7 Å². The second-order valence-corrected chi connectivity index (χ2v) is 6.64. The molecule has 0 spiro atoms. The van der Waals surface area contributed by atoms with Gasteiger partial charge in [0.1, 0.15) is 0 Å². The fourth-order valence-electron chi connectivity index (χ4n) is 4.31. The van der Waals surface area contributed by atoms with Crippen molar-refractivity contribution in [3.8, 4) is 0 Å². The number of aliphatic carboxylic acids is 1. The van der Waals surface area contributed by atoms with Crippen LogP contribution in [0.25, 0.3) is 0 Å². The molecule has 0 aromatic heterocycles. The molecule has 0 saturated carbocycles. The molecule has 1 N–H and O–H groups in total. The van der Waals surface area contributed by atoms with E-state index in [1.54, 1.807) is 0 Å². The molecule has 0 aromatic carbocycles. The van der Waals surface area contributed by atoms with E-state index in [4.69, 9.17) is 5.11 Å². The smallest absolute Gasteiger partial charge is 0.303 e. The van der Waals surface area contributed by atoms with Gasteiger partial charge in [-0.05, 0) is 63.6 Å². The normalized spacial score (nSPS) is 39.4. The SMILES string of the molecule is O=C(O)CCC1CCCN(C2CN3CCC2CC3)C1. The molecule has 2 unspecified atom stereocenters. The Morgan fingerprint density at radius 2 is 1.89 bits per heavy atom. The van der Waals surface area contributed by atoms with Crippen LogP contribution in [-0.2, 0) is 4.79 Å². The average molecular weight is 266 g/mol. The number of piperidine rings is 4. The van der Waals surface area contributed by atoms with Gasteiger partial charge in [-0.1, -0.05) is 0 Å². The number of carboxylic acids is 1. The van der Waals surface area contributed by atoms with E-state index in [9.17, 15) is 4.79 Å². The van der Waals surface area contributed by atoms with Gasteiger partial charge in [0.15, 0.2) is 0 Å². The highest BCUT2D eigenvalue weighted by Gasteiger charge is 2.38. The van der Waals surface area contributed by atoms with Crippen LogP contribution in [-0.4, -0.2) is 59.6 Å². The van der Waals surface area contributed by atoms with Gasteiger partial charge in [-0.25, -0.2) is 0 Å². The zero-order valence-corrected chi connectivity index (χ0v) is 11.8. The lowest BCUT2D eigenvalue weighted by atomic mass is 9.81. The Kier molecular flexibility index (Phi) is 4.08. The minimum absolute atomic E-state index is 0.346. The molecule has 4 aliphatic heterocycles. The first kappa shape index (κ1) is 13.4. The molecule has 0 amide bonds. The van der Waals surface area contributed by atoms with Gasteiger partial charge in [-0.2, -0.15) is 0 Å². The summed E-state index contributed by atoms with van der Waals surface area (Å²) in [5.74, 6) is 0.878. The number of fused-ring (bicyclic) bond motifs is 3. The molecule has 108 valence electrons. The third kappa shape index (κ3) is 3.11. The van der Waals surface area contributed by atoms with E-state index in [0.717, 1.165) is 24.9 Å². The van der Waals surface area contributed by atoms with Gasteiger partial charge in [0.05, 0.1) is 0 Å². The van der Waals surface area contributed by atoms with Gasteiger partial charge < -0.3 is 10.0 Å². The average Bonchev–Trinajstić information content (AvgIpc) is 2.46. The zero-order chi connectivity index (χ0) is 13.2. The van der Waals surface area contributed by atoms with Gasteiger partial charge in [-0.3, -0.25) is 9.69 Å². The molecule has 4 saturated heterocycles. The Bertz CT molecular complexity index is 326. The van der Waals surface area contributed by atoms with Crippen molar-refractivity contribution in [2.24, 2.45) is 11.8 Å². The number of nitrogens with zero attached hydrogens (tertiary/aromatic N) is 2. The summed E-state index contributed by atoms with van der Waals surface area (Å²) in [6, 6.07) is 0.759. The summed E-state index contributed by atoms with van der Waals surface area (Å²) in [6.07, 6.45) is 6.45. The molecular formula is C15H26N2O2. The first-order chi connectivity index (χ1) is 9.22. The molecule has 4 heteroatoms. The predicted octanol–water partition coefficient (Wildman–Crippen LogP) is 1.66. The summed E-state index contributed by atoms with van der Waals surface area (Å²) in [5, 5.41) is 8.82. The van der Waals surface area contributed by atoms with E-state index < -0.39 is 5.97 Å². The molecule has 4 fully saturated rings. The zero-order valence-electron chi connectivity index (χ0n) is 11.8. The number of carboxylic acid groups (broad SMARTS) is 1. The molecule has 0 aromatic rings. The van der Waals surface area contributed by atoms with Crippen molar-refractivity contribution in [2.45, 2.75) is 44.6 Å². The molecular weight excluding hydrogens is 240 g/mol. The van der Waals surface area contributed by atoms with Crippen LogP contribution in [0.5, 0.6) is 0 Å². The highest BCUT2D eigenvalue weighted by molar-refractivity contribution is 5.66. The summed E-state index contributed by atoms with van der Waals surface area (Å²) in [7, 11) is 0. The third-order valence-corrected chi connectivity index (χ3v) is 5.41. The Morgan fingerprint density at radius 1 is 1.11 bits per heavy atom. The van der Waals surface area contributed by atoms with E-state index in [0.29, 0.717) is 12.3 Å². The minimum Gasteiger partial charge on any atom is -0.481 e. The van der Waals surface area contributed by atoms with Crippen LogP contribution in [0, 0.1) is 11.8 Å². The van der Waals surface area contributed by atoms with Gasteiger partial charge >= 0.3 is 5.97 Å². The molecule has 4 nitrogen and oxygen atoms in total. The topological polar surface area (TPSA) is 43.8 Å². The molecule has 4 rings (SSSR count). The number of likely N-dealkylation sites (tertiary alicyclic amines) is 1. The standard InChI is InChI=1S/C15H26N2O2/c18-15(19)4-3-12-2-1-7-17(10-12)14-11-16-8-5-13(14)6-9-16/h12-14H,1-11H2,(H,18,19). The Balaban J connectivity index is 1.54. The molecule has 0 radical (unpaired) electrons. The molecule has 0 aliphatic carbocycles. The maximum Gasteiger partial charge on any atom is 0.303 e. The van der Waals surface area contributed by atoms with Crippen LogP contribution in [0.1, 0.15) is 38.5 Å². The summed E-state index contributed by atoms with van der Waals surface area (Å²) >= 11 is 0. The number of rotatable bonds is 4. The van der Waals surface area contributed by atoms with Gasteiger partial charge in [-0.15, -0.1) is 0 Å². The highest BCUT2D eigenvalue weighted by atomic mass is 16.4. The molecule has 19 heavy (non-hydrogen) atoms. The maximum atomic E-state index is 10.7. The van der Waals surface area contributed by atoms with E-state index in [1.807, 2.05) is 0 Å². The lowest BCUT2D eigenvalue weighted by molar-refractivity contribution is -0.137. The fourth-order valence-corrected chi connectivity index (χ4v) is 4.31. The molecule has 4 heterocycles. The maximum absolute atomic E-state index is 10.7. The fraction of sp³-hybridized carbons (Fsp3) is 0.933. The minimum atomic E-state index is -0.639. The monoisotopic (exact) mass is 266 g/mol. The van der Waals surface area contributed by atoms with Gasteiger partial charge in [0.25, 0.3) is 0 Å². The van der Waals surface area contributed by atoms with Crippen molar-refractivity contribution < 1.29 is 9.90 Å². The summed E-state index contributed by atoms with van der Waals surface area (Å²) < 4.78 is 0. The van der Waals surface area contributed by atoms with Crippen LogP contribution < -0.4 is 0 Å². The second kappa shape index (κ2) is 5.80. The largest absolute Gasteiger partial charge is 0.481 e. The molecule has 2 bridgehead atoms. The highest BCUT2D eigenvalue weighted by Crippen LogP contribution is 2.33. The lowest BCUT2D eigenvalue weighted by Gasteiger charge is -2.51. The number of hydrogen-bond acceptors (Lipinski definition) is 3. The quantitative estimate of drug-likeness (QED) is 0.840.